The summed E-state index contributed by atoms with van der Waals surface area (Å²) in [7, 11) is 0. The number of fused-ring (bicyclic) bond motifs is 1. The van der Waals surface area contributed by atoms with Crippen LogP contribution in [0, 0.1) is 0 Å². The molecule has 29 heavy (non-hydrogen) atoms. The molecule has 1 atom stereocenters. The molecule has 0 aliphatic rings. The maximum absolute atomic E-state index is 13.3. The number of hydrogen-bond acceptors (Lipinski definition) is 3. The summed E-state index contributed by atoms with van der Waals surface area (Å²) >= 11 is 0. The Morgan fingerprint density at radius 3 is 2.34 bits per heavy atom. The SMILES string of the molecule is CC(=O)NC(C)c1nc2ccccc2n1CC(=O)N(Cc1ccccc1)C(C)C. The molecule has 0 saturated heterocycles. The summed E-state index contributed by atoms with van der Waals surface area (Å²) in [5.74, 6) is 0.566. The van der Waals surface area contributed by atoms with Crippen LogP contribution in [0.4, 0.5) is 0 Å². The van der Waals surface area contributed by atoms with Crippen LogP contribution in [-0.2, 0) is 22.7 Å². The number of carbonyl (C=O) groups is 2. The van der Waals surface area contributed by atoms with Crippen LogP contribution in [0.3, 0.4) is 0 Å². The molecule has 2 amide bonds. The molecule has 152 valence electrons. The van der Waals surface area contributed by atoms with Gasteiger partial charge in [-0.15, -0.1) is 0 Å². The first kappa shape index (κ1) is 20.6. The van der Waals surface area contributed by atoms with Gasteiger partial charge in [-0.25, -0.2) is 4.98 Å². The van der Waals surface area contributed by atoms with Crippen molar-refractivity contribution < 1.29 is 9.59 Å². The van der Waals surface area contributed by atoms with Crippen molar-refractivity contribution in [2.45, 2.75) is 52.9 Å². The molecule has 1 unspecified atom stereocenters. The molecule has 6 heteroatoms. The topological polar surface area (TPSA) is 67.2 Å². The zero-order chi connectivity index (χ0) is 21.0. The molecule has 0 fully saturated rings. The van der Waals surface area contributed by atoms with Crippen molar-refractivity contribution in [3.05, 3.63) is 66.0 Å². The van der Waals surface area contributed by atoms with Crippen LogP contribution in [0.1, 0.15) is 45.1 Å². The largest absolute Gasteiger partial charge is 0.347 e. The smallest absolute Gasteiger partial charge is 0.243 e. The third-order valence-corrected chi connectivity index (χ3v) is 4.92. The molecule has 0 saturated carbocycles. The monoisotopic (exact) mass is 392 g/mol. The first-order chi connectivity index (χ1) is 13.9. The summed E-state index contributed by atoms with van der Waals surface area (Å²) in [6, 6.07) is 17.5. The Kier molecular flexibility index (Phi) is 6.32. The first-order valence-corrected chi connectivity index (χ1v) is 9.92. The third kappa shape index (κ3) is 4.83. The summed E-state index contributed by atoms with van der Waals surface area (Å²) in [6.07, 6.45) is 0. The Hall–Kier alpha value is -3.15. The quantitative estimate of drug-likeness (QED) is 0.667. The highest BCUT2D eigenvalue weighted by molar-refractivity contribution is 5.81. The number of amides is 2. The number of hydrogen-bond donors (Lipinski definition) is 1. The Bertz CT molecular complexity index is 995. The molecule has 0 aliphatic heterocycles. The Morgan fingerprint density at radius 2 is 1.69 bits per heavy atom. The van der Waals surface area contributed by atoms with Crippen LogP contribution in [0.25, 0.3) is 11.0 Å². The second-order valence-corrected chi connectivity index (χ2v) is 7.57. The molecule has 3 rings (SSSR count). The van der Waals surface area contributed by atoms with E-state index in [-0.39, 0.29) is 30.4 Å². The lowest BCUT2D eigenvalue weighted by atomic mass is 10.2. The van der Waals surface area contributed by atoms with Crippen LogP contribution in [0.15, 0.2) is 54.6 Å². The van der Waals surface area contributed by atoms with E-state index in [2.05, 4.69) is 10.3 Å². The molecular formula is C23H28N4O2. The highest BCUT2D eigenvalue weighted by atomic mass is 16.2. The fraction of sp³-hybridized carbons (Fsp3) is 0.348. The maximum atomic E-state index is 13.3. The van der Waals surface area contributed by atoms with Crippen molar-refractivity contribution >= 4 is 22.8 Å². The normalized spacial score (nSPS) is 12.2. The maximum Gasteiger partial charge on any atom is 0.243 e. The van der Waals surface area contributed by atoms with Crippen LogP contribution < -0.4 is 5.32 Å². The van der Waals surface area contributed by atoms with E-state index in [0.29, 0.717) is 12.4 Å². The van der Waals surface area contributed by atoms with Gasteiger partial charge in [0, 0.05) is 19.5 Å². The van der Waals surface area contributed by atoms with Gasteiger partial charge in [-0.3, -0.25) is 9.59 Å². The summed E-state index contributed by atoms with van der Waals surface area (Å²) in [5, 5.41) is 2.88. The number of nitrogens with one attached hydrogen (secondary N) is 1. The van der Waals surface area contributed by atoms with Gasteiger partial charge in [0.1, 0.15) is 12.4 Å². The van der Waals surface area contributed by atoms with E-state index in [0.717, 1.165) is 16.6 Å². The van der Waals surface area contributed by atoms with Gasteiger partial charge in [0.05, 0.1) is 17.1 Å². The highest BCUT2D eigenvalue weighted by Crippen LogP contribution is 2.22. The summed E-state index contributed by atoms with van der Waals surface area (Å²) < 4.78 is 1.92. The summed E-state index contributed by atoms with van der Waals surface area (Å²) in [4.78, 5) is 31.4. The lowest BCUT2D eigenvalue weighted by Crippen LogP contribution is -2.39. The van der Waals surface area contributed by atoms with Gasteiger partial charge >= 0.3 is 0 Å². The minimum absolute atomic E-state index is 0.0169. The first-order valence-electron chi connectivity index (χ1n) is 9.92. The lowest BCUT2D eigenvalue weighted by Gasteiger charge is -2.28. The number of rotatable bonds is 7. The molecule has 2 aromatic carbocycles. The van der Waals surface area contributed by atoms with Crippen molar-refractivity contribution in [1.29, 1.82) is 0 Å². The van der Waals surface area contributed by atoms with Crippen LogP contribution >= 0.6 is 0 Å². The number of benzene rings is 2. The van der Waals surface area contributed by atoms with Gasteiger partial charge in [-0.05, 0) is 38.5 Å². The molecule has 0 bridgehead atoms. The van der Waals surface area contributed by atoms with Crippen molar-refractivity contribution in [1.82, 2.24) is 19.8 Å². The second-order valence-electron chi connectivity index (χ2n) is 7.57. The Labute approximate surface area is 171 Å². The van der Waals surface area contributed by atoms with Crippen LogP contribution in [0.5, 0.6) is 0 Å². The molecule has 3 aromatic rings. The van der Waals surface area contributed by atoms with E-state index in [1.165, 1.54) is 6.92 Å². The Morgan fingerprint density at radius 1 is 1.03 bits per heavy atom. The summed E-state index contributed by atoms with van der Waals surface area (Å²) in [6.45, 7) is 8.13. The second kappa shape index (κ2) is 8.90. The van der Waals surface area contributed by atoms with Gasteiger partial charge < -0.3 is 14.8 Å². The van der Waals surface area contributed by atoms with Crippen molar-refractivity contribution in [3.63, 3.8) is 0 Å². The van der Waals surface area contributed by atoms with Gasteiger partial charge in [0.15, 0.2) is 0 Å². The number of imidazole rings is 1. The predicted molar refractivity (Wildman–Crippen MR) is 114 cm³/mol. The standard InChI is InChI=1S/C23H28N4O2/c1-16(2)26(14-19-10-6-5-7-11-19)22(29)15-27-21-13-9-8-12-20(21)25-23(27)17(3)24-18(4)28/h5-13,16-17H,14-15H2,1-4H3,(H,24,28). The van der Waals surface area contributed by atoms with Crippen LogP contribution in [0.2, 0.25) is 0 Å². The number of carbonyl (C=O) groups excluding carboxylic acids is 2. The summed E-state index contributed by atoms with van der Waals surface area (Å²) in [5.41, 5.74) is 2.79. The number of aromatic nitrogens is 2. The third-order valence-electron chi connectivity index (χ3n) is 4.92. The Balaban J connectivity index is 1.92. The molecule has 0 aliphatic carbocycles. The van der Waals surface area contributed by atoms with Crippen molar-refractivity contribution in [2.75, 3.05) is 0 Å². The van der Waals surface area contributed by atoms with Gasteiger partial charge in [-0.2, -0.15) is 0 Å². The fourth-order valence-corrected chi connectivity index (χ4v) is 3.53. The predicted octanol–water partition coefficient (Wildman–Crippen LogP) is 3.67. The number of para-hydroxylation sites is 2. The van der Waals surface area contributed by atoms with Gasteiger partial charge in [0.25, 0.3) is 0 Å². The lowest BCUT2D eigenvalue weighted by molar-refractivity contribution is -0.134. The molecular weight excluding hydrogens is 364 g/mol. The molecule has 6 nitrogen and oxygen atoms in total. The van der Waals surface area contributed by atoms with E-state index in [1.807, 2.05) is 84.8 Å². The highest BCUT2D eigenvalue weighted by Gasteiger charge is 2.23. The van der Waals surface area contributed by atoms with Gasteiger partial charge in [0.2, 0.25) is 11.8 Å². The molecule has 1 N–H and O–H groups in total. The number of nitrogens with zero attached hydrogens (tertiary/aromatic N) is 3. The zero-order valence-corrected chi connectivity index (χ0v) is 17.4. The molecule has 0 radical (unpaired) electrons. The molecule has 1 aromatic heterocycles. The van der Waals surface area contributed by atoms with E-state index >= 15 is 0 Å². The van der Waals surface area contributed by atoms with Crippen molar-refractivity contribution in [3.8, 4) is 0 Å². The van der Waals surface area contributed by atoms with Crippen LogP contribution in [-0.4, -0.2) is 32.3 Å². The zero-order valence-electron chi connectivity index (χ0n) is 17.4. The fourth-order valence-electron chi connectivity index (χ4n) is 3.53. The van der Waals surface area contributed by atoms with E-state index in [4.69, 9.17) is 0 Å². The van der Waals surface area contributed by atoms with E-state index < -0.39 is 0 Å². The average Bonchev–Trinajstić information content (AvgIpc) is 3.05. The molecule has 1 heterocycles. The molecule has 0 spiro atoms. The van der Waals surface area contributed by atoms with Gasteiger partial charge in [-0.1, -0.05) is 42.5 Å². The van der Waals surface area contributed by atoms with E-state index in [1.54, 1.807) is 0 Å². The average molecular weight is 393 g/mol. The minimum Gasteiger partial charge on any atom is -0.347 e. The minimum atomic E-state index is -0.297. The van der Waals surface area contributed by atoms with E-state index in [9.17, 15) is 9.59 Å². The van der Waals surface area contributed by atoms with Crippen molar-refractivity contribution in [2.24, 2.45) is 0 Å².